The first-order chi connectivity index (χ1) is 9.10. The van der Waals surface area contributed by atoms with Crippen molar-refractivity contribution in [1.29, 1.82) is 0 Å². The van der Waals surface area contributed by atoms with Crippen LogP contribution in [0.15, 0.2) is 41.1 Å². The number of likely N-dealkylation sites (N-methyl/N-ethyl adjacent to an activating group) is 1. The summed E-state index contributed by atoms with van der Waals surface area (Å²) in [4.78, 5) is 4.21. The molecule has 1 atom stereocenters. The molecule has 2 nitrogen and oxygen atoms in total. The van der Waals surface area contributed by atoms with Crippen molar-refractivity contribution in [2.75, 3.05) is 7.05 Å². The lowest BCUT2D eigenvalue weighted by molar-refractivity contribution is 0.581. The summed E-state index contributed by atoms with van der Waals surface area (Å²) in [5.41, 5.74) is 3.18. The Morgan fingerprint density at radius 1 is 1.32 bits per heavy atom. The molecule has 19 heavy (non-hydrogen) atoms. The van der Waals surface area contributed by atoms with Gasteiger partial charge in [0, 0.05) is 22.9 Å². The van der Waals surface area contributed by atoms with Crippen LogP contribution < -0.4 is 5.32 Å². The number of pyridine rings is 1. The van der Waals surface area contributed by atoms with E-state index in [2.05, 4.69) is 32.3 Å². The lowest BCUT2D eigenvalue weighted by Crippen LogP contribution is -2.19. The summed E-state index contributed by atoms with van der Waals surface area (Å²) in [6.07, 6.45) is 4.38. The normalized spacial score (nSPS) is 12.4. The quantitative estimate of drug-likeness (QED) is 0.926. The molecule has 1 aromatic carbocycles. The molecule has 100 valence electrons. The zero-order valence-electron chi connectivity index (χ0n) is 11.0. The molecule has 0 fully saturated rings. The second-order valence-electron chi connectivity index (χ2n) is 4.58. The largest absolute Gasteiger partial charge is 0.313 e. The smallest absolute Gasteiger partial charge is 0.123 e. The molecule has 1 unspecified atom stereocenters. The summed E-state index contributed by atoms with van der Waals surface area (Å²) >= 11 is 3.47. The van der Waals surface area contributed by atoms with E-state index < -0.39 is 0 Å². The van der Waals surface area contributed by atoms with Crippen LogP contribution >= 0.6 is 15.9 Å². The molecule has 1 N–H and O–H groups in total. The van der Waals surface area contributed by atoms with Crippen molar-refractivity contribution in [3.63, 3.8) is 0 Å². The molecule has 2 rings (SSSR count). The van der Waals surface area contributed by atoms with Crippen molar-refractivity contribution >= 4 is 15.9 Å². The molecule has 0 bridgehead atoms. The van der Waals surface area contributed by atoms with Crippen LogP contribution in [-0.4, -0.2) is 12.0 Å². The third kappa shape index (κ3) is 3.61. The van der Waals surface area contributed by atoms with Gasteiger partial charge in [-0.25, -0.2) is 4.39 Å². The predicted molar refractivity (Wildman–Crippen MR) is 78.6 cm³/mol. The fourth-order valence-electron chi connectivity index (χ4n) is 2.08. The third-order valence-electron chi connectivity index (χ3n) is 3.08. The molecular weight excluding hydrogens is 307 g/mol. The highest BCUT2D eigenvalue weighted by atomic mass is 79.9. The average Bonchev–Trinajstić information content (AvgIpc) is 2.39. The second kappa shape index (κ2) is 6.26. The Kier molecular flexibility index (Phi) is 4.66. The van der Waals surface area contributed by atoms with Gasteiger partial charge >= 0.3 is 0 Å². The van der Waals surface area contributed by atoms with Gasteiger partial charge in [-0.2, -0.15) is 0 Å². The summed E-state index contributed by atoms with van der Waals surface area (Å²) in [7, 11) is 1.90. The molecule has 0 saturated heterocycles. The molecule has 0 saturated carbocycles. The summed E-state index contributed by atoms with van der Waals surface area (Å²) in [5.74, 6) is -0.213. The lowest BCUT2D eigenvalue weighted by Gasteiger charge is -2.17. The van der Waals surface area contributed by atoms with E-state index in [9.17, 15) is 4.39 Å². The van der Waals surface area contributed by atoms with Gasteiger partial charge in [-0.15, -0.1) is 0 Å². The average molecular weight is 323 g/mol. The lowest BCUT2D eigenvalue weighted by atomic mass is 9.99. The van der Waals surface area contributed by atoms with Crippen molar-refractivity contribution in [2.24, 2.45) is 0 Å². The van der Waals surface area contributed by atoms with E-state index in [0.717, 1.165) is 21.2 Å². The summed E-state index contributed by atoms with van der Waals surface area (Å²) < 4.78 is 14.2. The predicted octanol–water partition coefficient (Wildman–Crippen LogP) is 3.79. The van der Waals surface area contributed by atoms with Crippen molar-refractivity contribution in [3.05, 3.63) is 63.6 Å². The van der Waals surface area contributed by atoms with Gasteiger partial charge in [-0.3, -0.25) is 4.98 Å². The molecule has 1 aromatic heterocycles. The van der Waals surface area contributed by atoms with Gasteiger partial charge in [0.25, 0.3) is 0 Å². The SMILES string of the molecule is CNC(Cc1cc(F)ccc1Br)c1cncc(C)c1. The van der Waals surface area contributed by atoms with Gasteiger partial charge in [0.05, 0.1) is 0 Å². The minimum absolute atomic E-state index is 0.116. The van der Waals surface area contributed by atoms with Gasteiger partial charge < -0.3 is 5.32 Å². The van der Waals surface area contributed by atoms with E-state index in [0.29, 0.717) is 6.42 Å². The van der Waals surface area contributed by atoms with Crippen LogP contribution in [0.5, 0.6) is 0 Å². The van der Waals surface area contributed by atoms with E-state index in [1.807, 2.05) is 26.4 Å². The molecule has 0 aliphatic carbocycles. The number of hydrogen-bond acceptors (Lipinski definition) is 2. The first-order valence-electron chi connectivity index (χ1n) is 6.13. The zero-order valence-corrected chi connectivity index (χ0v) is 12.5. The van der Waals surface area contributed by atoms with E-state index in [-0.39, 0.29) is 11.9 Å². The topological polar surface area (TPSA) is 24.9 Å². The van der Waals surface area contributed by atoms with Gasteiger partial charge in [0.2, 0.25) is 0 Å². The number of benzene rings is 1. The first kappa shape index (κ1) is 14.2. The number of nitrogens with one attached hydrogen (secondary N) is 1. The molecule has 0 amide bonds. The van der Waals surface area contributed by atoms with Gasteiger partial charge in [-0.1, -0.05) is 22.0 Å². The van der Waals surface area contributed by atoms with Crippen LogP contribution in [-0.2, 0) is 6.42 Å². The number of aromatic nitrogens is 1. The molecule has 0 radical (unpaired) electrons. The van der Waals surface area contributed by atoms with Crippen LogP contribution in [0.25, 0.3) is 0 Å². The molecule has 4 heteroatoms. The molecule has 1 heterocycles. The van der Waals surface area contributed by atoms with E-state index >= 15 is 0 Å². The Balaban J connectivity index is 2.26. The van der Waals surface area contributed by atoms with Crippen LogP contribution in [0, 0.1) is 12.7 Å². The monoisotopic (exact) mass is 322 g/mol. The van der Waals surface area contributed by atoms with Gasteiger partial charge in [0.1, 0.15) is 5.82 Å². The highest BCUT2D eigenvalue weighted by molar-refractivity contribution is 9.10. The standard InChI is InChI=1S/C15H16BrFN2/c1-10-5-12(9-19-8-10)15(18-2)7-11-6-13(17)3-4-14(11)16/h3-6,8-9,15,18H,7H2,1-2H3. The Hall–Kier alpha value is -1.26. The Bertz CT molecular complexity index is 572. The highest BCUT2D eigenvalue weighted by Gasteiger charge is 2.13. The van der Waals surface area contributed by atoms with Crippen LogP contribution in [0.4, 0.5) is 4.39 Å². The highest BCUT2D eigenvalue weighted by Crippen LogP contribution is 2.24. The molecule has 0 aliphatic heterocycles. The number of aryl methyl sites for hydroxylation is 1. The summed E-state index contributed by atoms with van der Waals surface area (Å²) in [6, 6.07) is 6.98. The number of rotatable bonds is 4. The molecular formula is C15H16BrFN2. The van der Waals surface area contributed by atoms with Crippen LogP contribution in [0.3, 0.4) is 0 Å². The zero-order chi connectivity index (χ0) is 13.8. The van der Waals surface area contributed by atoms with Crippen molar-refractivity contribution in [2.45, 2.75) is 19.4 Å². The maximum atomic E-state index is 13.3. The maximum absolute atomic E-state index is 13.3. The molecule has 2 aromatic rings. The Labute approximate surface area is 121 Å². The number of hydrogen-bond donors (Lipinski definition) is 1. The number of halogens is 2. The molecule has 0 spiro atoms. The van der Waals surface area contributed by atoms with E-state index in [1.165, 1.54) is 6.07 Å². The summed E-state index contributed by atoms with van der Waals surface area (Å²) in [5, 5.41) is 3.26. The maximum Gasteiger partial charge on any atom is 0.123 e. The third-order valence-corrected chi connectivity index (χ3v) is 3.85. The first-order valence-corrected chi connectivity index (χ1v) is 6.92. The van der Waals surface area contributed by atoms with Crippen LogP contribution in [0.2, 0.25) is 0 Å². The van der Waals surface area contributed by atoms with E-state index in [4.69, 9.17) is 0 Å². The number of nitrogens with zero attached hydrogens (tertiary/aromatic N) is 1. The van der Waals surface area contributed by atoms with Crippen LogP contribution in [0.1, 0.15) is 22.7 Å². The van der Waals surface area contributed by atoms with E-state index in [1.54, 1.807) is 12.1 Å². The minimum Gasteiger partial charge on any atom is -0.313 e. The van der Waals surface area contributed by atoms with Crippen molar-refractivity contribution in [1.82, 2.24) is 10.3 Å². The van der Waals surface area contributed by atoms with Crippen molar-refractivity contribution in [3.8, 4) is 0 Å². The second-order valence-corrected chi connectivity index (χ2v) is 5.43. The fourth-order valence-corrected chi connectivity index (χ4v) is 2.48. The summed E-state index contributed by atoms with van der Waals surface area (Å²) in [6.45, 7) is 2.02. The Morgan fingerprint density at radius 3 is 2.79 bits per heavy atom. The minimum atomic E-state index is -0.213. The molecule has 0 aliphatic rings. The fraction of sp³-hybridized carbons (Fsp3) is 0.267. The Morgan fingerprint density at radius 2 is 2.11 bits per heavy atom. The van der Waals surface area contributed by atoms with Gasteiger partial charge in [0.15, 0.2) is 0 Å². The van der Waals surface area contributed by atoms with Crippen molar-refractivity contribution < 1.29 is 4.39 Å². The van der Waals surface area contributed by atoms with Gasteiger partial charge in [-0.05, 0) is 55.3 Å².